The first-order valence-electron chi connectivity index (χ1n) is 8.94. The molecule has 2 fully saturated rings. The van der Waals surface area contributed by atoms with Gasteiger partial charge in [0.1, 0.15) is 11.9 Å². The van der Waals surface area contributed by atoms with E-state index in [4.69, 9.17) is 9.72 Å². The van der Waals surface area contributed by atoms with Crippen LogP contribution < -0.4 is 4.90 Å². The first-order valence-corrected chi connectivity index (χ1v) is 8.94. The molecule has 5 heteroatoms. The van der Waals surface area contributed by atoms with Crippen LogP contribution >= 0.6 is 0 Å². The third-order valence-corrected chi connectivity index (χ3v) is 6.16. The zero-order valence-corrected chi connectivity index (χ0v) is 14.2. The van der Waals surface area contributed by atoms with Gasteiger partial charge in [0.2, 0.25) is 0 Å². The highest BCUT2D eigenvalue weighted by atomic mass is 16.5. The van der Waals surface area contributed by atoms with Crippen LogP contribution in [0.5, 0.6) is 0 Å². The number of rotatable bonds is 2. The van der Waals surface area contributed by atoms with E-state index in [0.717, 1.165) is 50.2 Å². The van der Waals surface area contributed by atoms with Crippen LogP contribution in [0, 0.1) is 22.7 Å². The van der Waals surface area contributed by atoms with Crippen LogP contribution in [-0.2, 0) is 22.4 Å². The van der Waals surface area contributed by atoms with E-state index in [1.807, 2.05) is 6.07 Å². The van der Waals surface area contributed by atoms with E-state index in [-0.39, 0.29) is 5.97 Å². The Morgan fingerprint density at radius 2 is 2.25 bits per heavy atom. The molecule has 126 valence electrons. The number of pyridine rings is 1. The Bertz CT molecular complexity index is 724. The van der Waals surface area contributed by atoms with Gasteiger partial charge in [-0.1, -0.05) is 6.42 Å². The minimum atomic E-state index is -0.404. The molecule has 0 N–H and O–H groups in total. The summed E-state index contributed by atoms with van der Waals surface area (Å²) in [6, 6.07) is 4.35. The number of hydrogen-bond acceptors (Lipinski definition) is 5. The second kappa shape index (κ2) is 5.77. The lowest BCUT2D eigenvalue weighted by molar-refractivity contribution is -0.152. The monoisotopic (exact) mass is 325 g/mol. The number of aromatic nitrogens is 1. The van der Waals surface area contributed by atoms with E-state index in [2.05, 4.69) is 11.0 Å². The van der Waals surface area contributed by atoms with Gasteiger partial charge in [-0.05, 0) is 56.1 Å². The molecular formula is C19H23N3O2. The number of fused-ring (bicyclic) bond motifs is 2. The summed E-state index contributed by atoms with van der Waals surface area (Å²) in [5, 5.41) is 9.59. The summed E-state index contributed by atoms with van der Waals surface area (Å²) in [4.78, 5) is 19.5. The van der Waals surface area contributed by atoms with Crippen LogP contribution in [0.1, 0.15) is 48.9 Å². The molecule has 1 aliphatic heterocycles. The van der Waals surface area contributed by atoms with Crippen molar-refractivity contribution < 1.29 is 9.53 Å². The number of ether oxygens (including phenoxy) is 1. The predicted molar refractivity (Wildman–Crippen MR) is 89.6 cm³/mol. The summed E-state index contributed by atoms with van der Waals surface area (Å²) < 4.78 is 5.12. The minimum Gasteiger partial charge on any atom is -0.469 e. The van der Waals surface area contributed by atoms with Crippen molar-refractivity contribution in [1.29, 1.82) is 5.26 Å². The Hall–Kier alpha value is -2.09. The number of carbonyl (C=O) groups excluding carboxylic acids is 1. The molecule has 2 heterocycles. The Balaban J connectivity index is 1.70. The van der Waals surface area contributed by atoms with Crippen molar-refractivity contribution in [2.24, 2.45) is 11.3 Å². The number of nitrogens with zero attached hydrogens (tertiary/aromatic N) is 3. The zero-order chi connectivity index (χ0) is 16.7. The number of nitriles is 1. The molecule has 24 heavy (non-hydrogen) atoms. The standard InChI is InChI=1S/C19H23N3O2/c1-24-18(23)19-8-4-6-15(19)11-22(12-19)17-14(10-20)9-13-5-2-3-7-16(13)21-17/h9,15H,2-8,11-12H2,1H3. The fourth-order valence-corrected chi connectivity index (χ4v) is 4.93. The maximum absolute atomic E-state index is 12.4. The van der Waals surface area contributed by atoms with Gasteiger partial charge in [-0.15, -0.1) is 0 Å². The summed E-state index contributed by atoms with van der Waals surface area (Å²) in [5.41, 5.74) is 2.61. The van der Waals surface area contributed by atoms with Crippen LogP contribution in [0.3, 0.4) is 0 Å². The number of esters is 1. The number of carbonyl (C=O) groups is 1. The van der Waals surface area contributed by atoms with Gasteiger partial charge in [0.05, 0.1) is 18.1 Å². The number of anilines is 1. The molecule has 0 amide bonds. The normalized spacial score (nSPS) is 28.2. The molecule has 2 unspecified atom stereocenters. The fraction of sp³-hybridized carbons (Fsp3) is 0.632. The quantitative estimate of drug-likeness (QED) is 0.782. The van der Waals surface area contributed by atoms with Crippen LogP contribution in [0.25, 0.3) is 0 Å². The van der Waals surface area contributed by atoms with Gasteiger partial charge in [0, 0.05) is 18.8 Å². The Morgan fingerprint density at radius 1 is 1.42 bits per heavy atom. The molecule has 0 spiro atoms. The second-order valence-corrected chi connectivity index (χ2v) is 7.40. The van der Waals surface area contributed by atoms with Crippen LogP contribution in [-0.4, -0.2) is 31.2 Å². The van der Waals surface area contributed by atoms with Gasteiger partial charge < -0.3 is 9.64 Å². The summed E-state index contributed by atoms with van der Waals surface area (Å²) in [7, 11) is 1.48. The first kappa shape index (κ1) is 15.4. The lowest BCUT2D eigenvalue weighted by Gasteiger charge is -2.26. The predicted octanol–water partition coefficient (Wildman–Crippen LogP) is 2.61. The molecule has 2 atom stereocenters. The molecule has 2 aliphatic carbocycles. The van der Waals surface area contributed by atoms with Gasteiger partial charge in [0.25, 0.3) is 0 Å². The molecule has 1 aromatic rings. The van der Waals surface area contributed by atoms with Gasteiger partial charge in [-0.2, -0.15) is 5.26 Å². The van der Waals surface area contributed by atoms with Crippen molar-refractivity contribution in [1.82, 2.24) is 4.98 Å². The van der Waals surface area contributed by atoms with Crippen LogP contribution in [0.4, 0.5) is 5.82 Å². The highest BCUT2D eigenvalue weighted by Crippen LogP contribution is 2.50. The molecule has 1 aromatic heterocycles. The Labute approximate surface area is 142 Å². The van der Waals surface area contributed by atoms with E-state index in [1.165, 1.54) is 25.5 Å². The van der Waals surface area contributed by atoms with Crippen molar-refractivity contribution in [3.63, 3.8) is 0 Å². The number of aryl methyl sites for hydroxylation is 2. The van der Waals surface area contributed by atoms with E-state index in [0.29, 0.717) is 18.0 Å². The van der Waals surface area contributed by atoms with E-state index >= 15 is 0 Å². The molecule has 0 aromatic carbocycles. The molecule has 0 radical (unpaired) electrons. The highest BCUT2D eigenvalue weighted by Gasteiger charge is 2.56. The molecule has 1 saturated heterocycles. The molecule has 5 nitrogen and oxygen atoms in total. The highest BCUT2D eigenvalue weighted by molar-refractivity contribution is 5.80. The molecular weight excluding hydrogens is 302 g/mol. The number of methoxy groups -OCH3 is 1. The topological polar surface area (TPSA) is 66.2 Å². The van der Waals surface area contributed by atoms with Gasteiger partial charge in [-0.25, -0.2) is 4.98 Å². The van der Waals surface area contributed by atoms with Gasteiger partial charge in [-0.3, -0.25) is 4.79 Å². The summed E-state index contributed by atoms with van der Waals surface area (Å²) in [6.07, 6.45) is 7.37. The van der Waals surface area contributed by atoms with Gasteiger partial charge >= 0.3 is 5.97 Å². The molecule has 0 bridgehead atoms. The Kier molecular flexibility index (Phi) is 3.71. The van der Waals surface area contributed by atoms with Crippen LogP contribution in [0.15, 0.2) is 6.07 Å². The van der Waals surface area contributed by atoms with E-state index in [1.54, 1.807) is 0 Å². The maximum atomic E-state index is 12.4. The lowest BCUT2D eigenvalue weighted by Crippen LogP contribution is -2.37. The molecule has 3 aliphatic rings. The molecule has 1 saturated carbocycles. The Morgan fingerprint density at radius 3 is 3.04 bits per heavy atom. The SMILES string of the molecule is COC(=O)C12CCCC1CN(c1nc3c(cc1C#N)CCCC3)C2. The average molecular weight is 325 g/mol. The smallest absolute Gasteiger partial charge is 0.313 e. The van der Waals surface area contributed by atoms with Crippen molar-refractivity contribution >= 4 is 11.8 Å². The summed E-state index contributed by atoms with van der Waals surface area (Å²) in [6.45, 7) is 1.43. The summed E-state index contributed by atoms with van der Waals surface area (Å²) >= 11 is 0. The third-order valence-electron chi connectivity index (χ3n) is 6.16. The van der Waals surface area contributed by atoms with Crippen molar-refractivity contribution in [2.45, 2.75) is 44.9 Å². The van der Waals surface area contributed by atoms with Crippen molar-refractivity contribution in [2.75, 3.05) is 25.1 Å². The summed E-state index contributed by atoms with van der Waals surface area (Å²) in [5.74, 6) is 0.995. The molecule has 4 rings (SSSR count). The first-order chi connectivity index (χ1) is 11.7. The van der Waals surface area contributed by atoms with Crippen molar-refractivity contribution in [3.8, 4) is 6.07 Å². The lowest BCUT2D eigenvalue weighted by atomic mass is 9.81. The van der Waals surface area contributed by atoms with Crippen LogP contribution in [0.2, 0.25) is 0 Å². The average Bonchev–Trinajstić information content (AvgIpc) is 3.18. The largest absolute Gasteiger partial charge is 0.469 e. The minimum absolute atomic E-state index is 0.0935. The zero-order valence-electron chi connectivity index (χ0n) is 14.2. The van der Waals surface area contributed by atoms with E-state index < -0.39 is 5.41 Å². The fourth-order valence-electron chi connectivity index (χ4n) is 4.93. The van der Waals surface area contributed by atoms with Gasteiger partial charge in [0.15, 0.2) is 0 Å². The van der Waals surface area contributed by atoms with E-state index in [9.17, 15) is 10.1 Å². The second-order valence-electron chi connectivity index (χ2n) is 7.40. The van der Waals surface area contributed by atoms with Crippen molar-refractivity contribution in [3.05, 3.63) is 22.9 Å². The number of hydrogen-bond donors (Lipinski definition) is 0. The third kappa shape index (κ3) is 2.20. The maximum Gasteiger partial charge on any atom is 0.313 e.